The molecule has 1 fully saturated rings. The maximum atomic E-state index is 11.7. The fourth-order valence-corrected chi connectivity index (χ4v) is 3.92. The third-order valence-electron chi connectivity index (χ3n) is 3.01. The van der Waals surface area contributed by atoms with Crippen LogP contribution >= 0.6 is 15.9 Å². The van der Waals surface area contributed by atoms with E-state index in [0.717, 1.165) is 4.47 Å². The van der Waals surface area contributed by atoms with Gasteiger partial charge in [0.25, 0.3) is 5.91 Å². The van der Waals surface area contributed by atoms with Gasteiger partial charge in [0.05, 0.1) is 17.1 Å². The fraction of sp³-hybridized carbons (Fsp3) is 0.385. The average molecular weight is 376 g/mol. The number of rotatable bonds is 4. The maximum Gasteiger partial charge on any atom is 0.338 e. The van der Waals surface area contributed by atoms with Crippen molar-refractivity contribution in [2.24, 2.45) is 0 Å². The Balaban J connectivity index is 1.79. The molecule has 114 valence electrons. The second kappa shape index (κ2) is 6.57. The summed E-state index contributed by atoms with van der Waals surface area (Å²) in [7, 11) is -3.05. The average Bonchev–Trinajstić information content (AvgIpc) is 2.76. The minimum absolute atomic E-state index is 0.0562. The van der Waals surface area contributed by atoms with Crippen molar-refractivity contribution in [1.82, 2.24) is 5.32 Å². The van der Waals surface area contributed by atoms with Crippen molar-refractivity contribution in [2.75, 3.05) is 18.1 Å². The van der Waals surface area contributed by atoms with Crippen LogP contribution in [0.3, 0.4) is 0 Å². The predicted molar refractivity (Wildman–Crippen MR) is 79.6 cm³/mol. The van der Waals surface area contributed by atoms with E-state index in [4.69, 9.17) is 4.74 Å². The Bertz CT molecular complexity index is 641. The van der Waals surface area contributed by atoms with E-state index in [2.05, 4.69) is 21.2 Å². The molecular weight excluding hydrogens is 362 g/mol. The predicted octanol–water partition coefficient (Wildman–Crippen LogP) is 0.909. The van der Waals surface area contributed by atoms with Crippen LogP contribution < -0.4 is 5.32 Å². The molecule has 0 spiro atoms. The van der Waals surface area contributed by atoms with Crippen LogP contribution in [0.15, 0.2) is 28.7 Å². The zero-order valence-electron chi connectivity index (χ0n) is 11.0. The summed E-state index contributed by atoms with van der Waals surface area (Å²) in [6, 6.07) is 6.15. The van der Waals surface area contributed by atoms with Crippen LogP contribution in [-0.2, 0) is 19.4 Å². The number of carbonyl (C=O) groups excluding carboxylic acids is 2. The summed E-state index contributed by atoms with van der Waals surface area (Å²) in [6.45, 7) is -0.425. The van der Waals surface area contributed by atoms with Crippen molar-refractivity contribution < 1.29 is 22.7 Å². The largest absolute Gasteiger partial charge is 0.452 e. The van der Waals surface area contributed by atoms with E-state index >= 15 is 0 Å². The topological polar surface area (TPSA) is 89.5 Å². The number of carbonyl (C=O) groups is 2. The molecule has 2 rings (SSSR count). The van der Waals surface area contributed by atoms with Gasteiger partial charge in [0, 0.05) is 10.5 Å². The van der Waals surface area contributed by atoms with Gasteiger partial charge in [0.15, 0.2) is 16.4 Å². The molecule has 0 bridgehead atoms. The normalized spacial score (nSPS) is 20.0. The first-order valence-electron chi connectivity index (χ1n) is 6.28. The lowest BCUT2D eigenvalue weighted by Crippen LogP contribution is -2.38. The van der Waals surface area contributed by atoms with Gasteiger partial charge in [-0.3, -0.25) is 4.79 Å². The number of hydrogen-bond donors (Lipinski definition) is 1. The van der Waals surface area contributed by atoms with E-state index in [9.17, 15) is 18.0 Å². The van der Waals surface area contributed by atoms with Crippen LogP contribution in [0.4, 0.5) is 0 Å². The molecule has 1 amide bonds. The number of sulfone groups is 1. The molecule has 1 heterocycles. The van der Waals surface area contributed by atoms with Crippen LogP contribution in [0.2, 0.25) is 0 Å². The van der Waals surface area contributed by atoms with E-state index < -0.39 is 34.4 Å². The van der Waals surface area contributed by atoms with Crippen molar-refractivity contribution in [3.63, 3.8) is 0 Å². The first-order valence-corrected chi connectivity index (χ1v) is 8.90. The van der Waals surface area contributed by atoms with Gasteiger partial charge in [-0.25, -0.2) is 13.2 Å². The molecule has 0 radical (unpaired) electrons. The SMILES string of the molecule is O=C(COC(=O)c1ccc(Br)cc1)NC1CCS(=O)(=O)C1. The summed E-state index contributed by atoms with van der Waals surface area (Å²) in [6.07, 6.45) is 0.398. The summed E-state index contributed by atoms with van der Waals surface area (Å²) < 4.78 is 28.2. The van der Waals surface area contributed by atoms with Gasteiger partial charge in [-0.05, 0) is 30.7 Å². The molecule has 8 heteroatoms. The highest BCUT2D eigenvalue weighted by Crippen LogP contribution is 2.12. The number of benzene rings is 1. The summed E-state index contributed by atoms with van der Waals surface area (Å²) in [5.74, 6) is -1.07. The zero-order valence-corrected chi connectivity index (χ0v) is 13.4. The molecule has 0 aliphatic carbocycles. The first kappa shape index (κ1) is 16.0. The maximum absolute atomic E-state index is 11.7. The van der Waals surface area contributed by atoms with Crippen LogP contribution in [0.5, 0.6) is 0 Å². The highest BCUT2D eigenvalue weighted by Gasteiger charge is 2.29. The number of amides is 1. The summed E-state index contributed by atoms with van der Waals surface area (Å²) >= 11 is 3.25. The van der Waals surface area contributed by atoms with E-state index in [0.29, 0.717) is 12.0 Å². The van der Waals surface area contributed by atoms with E-state index in [-0.39, 0.29) is 11.5 Å². The van der Waals surface area contributed by atoms with Crippen molar-refractivity contribution in [3.05, 3.63) is 34.3 Å². The number of esters is 1. The summed E-state index contributed by atoms with van der Waals surface area (Å²) in [4.78, 5) is 23.3. The van der Waals surface area contributed by atoms with E-state index in [1.807, 2.05) is 0 Å². The molecule has 0 saturated carbocycles. The van der Waals surface area contributed by atoms with Gasteiger partial charge < -0.3 is 10.1 Å². The lowest BCUT2D eigenvalue weighted by molar-refractivity contribution is -0.124. The van der Waals surface area contributed by atoms with Crippen molar-refractivity contribution in [1.29, 1.82) is 0 Å². The van der Waals surface area contributed by atoms with Gasteiger partial charge in [0.1, 0.15) is 0 Å². The van der Waals surface area contributed by atoms with Crippen LogP contribution in [0.1, 0.15) is 16.8 Å². The van der Waals surface area contributed by atoms with Crippen molar-refractivity contribution in [2.45, 2.75) is 12.5 Å². The molecule has 0 aromatic heterocycles. The number of nitrogens with one attached hydrogen (secondary N) is 1. The number of hydrogen-bond acceptors (Lipinski definition) is 5. The summed E-state index contributed by atoms with van der Waals surface area (Å²) in [5.41, 5.74) is 0.342. The molecule has 1 aromatic rings. The Morgan fingerprint density at radius 1 is 1.29 bits per heavy atom. The Morgan fingerprint density at radius 3 is 2.52 bits per heavy atom. The quantitative estimate of drug-likeness (QED) is 0.789. The van der Waals surface area contributed by atoms with Gasteiger partial charge in [-0.1, -0.05) is 15.9 Å². The van der Waals surface area contributed by atoms with Gasteiger partial charge in [0.2, 0.25) is 0 Å². The van der Waals surface area contributed by atoms with Crippen LogP contribution in [-0.4, -0.2) is 44.4 Å². The molecule has 1 unspecified atom stereocenters. The molecule has 1 saturated heterocycles. The van der Waals surface area contributed by atoms with Gasteiger partial charge in [-0.2, -0.15) is 0 Å². The van der Waals surface area contributed by atoms with Crippen LogP contribution in [0.25, 0.3) is 0 Å². The molecule has 21 heavy (non-hydrogen) atoms. The lowest BCUT2D eigenvalue weighted by Gasteiger charge is -2.11. The third kappa shape index (κ3) is 4.82. The van der Waals surface area contributed by atoms with E-state index in [1.54, 1.807) is 24.3 Å². The zero-order chi connectivity index (χ0) is 15.5. The molecular formula is C13H14BrNO5S. The minimum atomic E-state index is -3.05. The Hall–Kier alpha value is -1.41. The van der Waals surface area contributed by atoms with Crippen LogP contribution in [0, 0.1) is 0 Å². The molecule has 1 atom stereocenters. The van der Waals surface area contributed by atoms with Gasteiger partial charge in [-0.15, -0.1) is 0 Å². The number of ether oxygens (including phenoxy) is 1. The lowest BCUT2D eigenvalue weighted by atomic mass is 10.2. The van der Waals surface area contributed by atoms with Gasteiger partial charge >= 0.3 is 5.97 Å². The van der Waals surface area contributed by atoms with Crippen molar-refractivity contribution in [3.8, 4) is 0 Å². The number of halogens is 1. The monoisotopic (exact) mass is 375 g/mol. The Labute approximate surface area is 130 Å². The second-order valence-electron chi connectivity index (χ2n) is 4.75. The molecule has 1 aliphatic heterocycles. The second-order valence-corrected chi connectivity index (χ2v) is 7.89. The third-order valence-corrected chi connectivity index (χ3v) is 5.31. The highest BCUT2D eigenvalue weighted by atomic mass is 79.9. The Morgan fingerprint density at radius 2 is 1.95 bits per heavy atom. The standard InChI is InChI=1S/C13H14BrNO5S/c14-10-3-1-9(2-4-10)13(17)20-7-12(16)15-11-5-6-21(18,19)8-11/h1-4,11H,5-8H2,(H,15,16). The molecule has 1 N–H and O–H groups in total. The van der Waals surface area contributed by atoms with Crippen molar-refractivity contribution >= 4 is 37.6 Å². The molecule has 1 aliphatic rings. The highest BCUT2D eigenvalue weighted by molar-refractivity contribution is 9.10. The fourth-order valence-electron chi connectivity index (χ4n) is 1.98. The summed E-state index contributed by atoms with van der Waals surface area (Å²) in [5, 5.41) is 2.55. The molecule has 1 aromatic carbocycles. The minimum Gasteiger partial charge on any atom is -0.452 e. The molecule has 6 nitrogen and oxygen atoms in total. The smallest absolute Gasteiger partial charge is 0.338 e. The first-order chi connectivity index (χ1) is 9.85. The Kier molecular flexibility index (Phi) is 5.00. The van der Waals surface area contributed by atoms with E-state index in [1.165, 1.54) is 0 Å².